The predicted octanol–water partition coefficient (Wildman–Crippen LogP) is 4.01. The third-order valence-corrected chi connectivity index (χ3v) is 3.10. The number of benzene rings is 1. The van der Waals surface area contributed by atoms with Crippen molar-refractivity contribution in [2.24, 2.45) is 5.73 Å². The molecule has 0 bridgehead atoms. The molecule has 0 radical (unpaired) electrons. The van der Waals surface area contributed by atoms with Crippen molar-refractivity contribution in [1.29, 1.82) is 0 Å². The molecule has 1 aromatic carbocycles. The molecular weight excluding hydrogens is 289 g/mol. The van der Waals surface area contributed by atoms with Crippen LogP contribution in [0.4, 0.5) is 18.9 Å². The second-order valence-electron chi connectivity index (χ2n) is 5.29. The van der Waals surface area contributed by atoms with Crippen LogP contribution in [0.5, 0.6) is 0 Å². The van der Waals surface area contributed by atoms with Crippen LogP contribution in [-0.2, 0) is 6.42 Å². The van der Waals surface area contributed by atoms with Gasteiger partial charge in [-0.2, -0.15) is 13.2 Å². The largest absolute Gasteiger partial charge is 0.405 e. The fraction of sp³-hybridized carbons (Fsp3) is 0.571. The number of halogens is 4. The molecule has 0 heterocycles. The Balaban J connectivity index is 3.18. The Hall–Kier alpha value is -0.940. The standard InChI is InChI=1S/C14H20ClF3N2/c1-9(2)20(8-14(16,17)18)13-5-4-12(15)7-11(13)6-10(3)19/h4-5,7,9-10H,6,8,19H2,1-3H3. The Labute approximate surface area is 122 Å². The van der Waals surface area contributed by atoms with E-state index in [4.69, 9.17) is 17.3 Å². The molecule has 20 heavy (non-hydrogen) atoms. The van der Waals surface area contributed by atoms with Crippen LogP contribution in [0.25, 0.3) is 0 Å². The van der Waals surface area contributed by atoms with Gasteiger partial charge in [0, 0.05) is 22.8 Å². The van der Waals surface area contributed by atoms with Gasteiger partial charge in [0.05, 0.1) is 0 Å². The van der Waals surface area contributed by atoms with E-state index < -0.39 is 12.7 Å². The molecule has 0 saturated carbocycles. The molecule has 0 fully saturated rings. The smallest absolute Gasteiger partial charge is 0.360 e. The SMILES string of the molecule is CC(N)Cc1cc(Cl)ccc1N(CC(F)(F)F)C(C)C. The van der Waals surface area contributed by atoms with Gasteiger partial charge in [0.15, 0.2) is 0 Å². The van der Waals surface area contributed by atoms with E-state index in [0.717, 1.165) is 5.56 Å². The van der Waals surface area contributed by atoms with Crippen molar-refractivity contribution >= 4 is 17.3 Å². The molecule has 0 aliphatic heterocycles. The molecule has 1 unspecified atom stereocenters. The zero-order valence-corrected chi connectivity index (χ0v) is 12.6. The number of nitrogens with zero attached hydrogens (tertiary/aromatic N) is 1. The minimum Gasteiger partial charge on any atom is -0.360 e. The van der Waals surface area contributed by atoms with Crippen LogP contribution < -0.4 is 10.6 Å². The van der Waals surface area contributed by atoms with Gasteiger partial charge in [-0.3, -0.25) is 0 Å². The number of alkyl halides is 3. The lowest BCUT2D eigenvalue weighted by Gasteiger charge is -2.32. The van der Waals surface area contributed by atoms with E-state index in [1.165, 1.54) is 4.90 Å². The van der Waals surface area contributed by atoms with Crippen molar-refractivity contribution in [1.82, 2.24) is 0 Å². The van der Waals surface area contributed by atoms with Crippen LogP contribution in [0.3, 0.4) is 0 Å². The van der Waals surface area contributed by atoms with E-state index >= 15 is 0 Å². The Morgan fingerprint density at radius 2 is 1.85 bits per heavy atom. The topological polar surface area (TPSA) is 29.3 Å². The molecule has 0 amide bonds. The fourth-order valence-electron chi connectivity index (χ4n) is 2.08. The summed E-state index contributed by atoms with van der Waals surface area (Å²) >= 11 is 5.94. The van der Waals surface area contributed by atoms with Crippen molar-refractivity contribution in [2.75, 3.05) is 11.4 Å². The molecule has 0 aliphatic carbocycles. The average Bonchev–Trinajstić information content (AvgIpc) is 2.24. The molecule has 0 aromatic heterocycles. The molecule has 114 valence electrons. The lowest BCUT2D eigenvalue weighted by Crippen LogP contribution is -2.40. The highest BCUT2D eigenvalue weighted by molar-refractivity contribution is 6.30. The van der Waals surface area contributed by atoms with Gasteiger partial charge >= 0.3 is 6.18 Å². The highest BCUT2D eigenvalue weighted by Gasteiger charge is 2.32. The lowest BCUT2D eigenvalue weighted by molar-refractivity contribution is -0.120. The number of hydrogen-bond acceptors (Lipinski definition) is 2. The minimum absolute atomic E-state index is 0.146. The summed E-state index contributed by atoms with van der Waals surface area (Å²) in [7, 11) is 0. The summed E-state index contributed by atoms with van der Waals surface area (Å²) in [5.74, 6) is 0. The highest BCUT2D eigenvalue weighted by Crippen LogP contribution is 2.30. The van der Waals surface area contributed by atoms with E-state index in [1.807, 2.05) is 6.92 Å². The minimum atomic E-state index is -4.25. The summed E-state index contributed by atoms with van der Waals surface area (Å²) in [5.41, 5.74) is 7.04. The van der Waals surface area contributed by atoms with E-state index in [1.54, 1.807) is 32.0 Å². The maximum absolute atomic E-state index is 12.7. The Morgan fingerprint density at radius 1 is 1.25 bits per heavy atom. The normalized spacial score (nSPS) is 13.7. The molecule has 6 heteroatoms. The Kier molecular flexibility index (Phi) is 5.71. The van der Waals surface area contributed by atoms with Crippen LogP contribution in [0, 0.1) is 0 Å². The summed E-state index contributed by atoms with van der Waals surface area (Å²) in [5, 5.41) is 0.500. The zero-order chi connectivity index (χ0) is 15.5. The maximum Gasteiger partial charge on any atom is 0.405 e. The van der Waals surface area contributed by atoms with Crippen LogP contribution in [-0.4, -0.2) is 24.8 Å². The van der Waals surface area contributed by atoms with Gasteiger partial charge < -0.3 is 10.6 Å². The van der Waals surface area contributed by atoms with E-state index in [0.29, 0.717) is 17.1 Å². The van der Waals surface area contributed by atoms with E-state index in [2.05, 4.69) is 0 Å². The second-order valence-corrected chi connectivity index (χ2v) is 5.73. The summed E-state index contributed by atoms with van der Waals surface area (Å²) < 4.78 is 38.2. The van der Waals surface area contributed by atoms with Crippen LogP contribution >= 0.6 is 11.6 Å². The van der Waals surface area contributed by atoms with Gasteiger partial charge in [-0.05, 0) is 51.0 Å². The number of anilines is 1. The molecule has 2 nitrogen and oxygen atoms in total. The fourth-order valence-corrected chi connectivity index (χ4v) is 2.28. The van der Waals surface area contributed by atoms with Gasteiger partial charge in [-0.1, -0.05) is 11.6 Å². The van der Waals surface area contributed by atoms with Gasteiger partial charge in [0.2, 0.25) is 0 Å². The monoisotopic (exact) mass is 308 g/mol. The molecular formula is C14H20ClF3N2. The molecule has 0 aliphatic rings. The first kappa shape index (κ1) is 17.1. The number of rotatable bonds is 5. The summed E-state index contributed by atoms with van der Waals surface area (Å²) in [6.07, 6.45) is -3.77. The van der Waals surface area contributed by atoms with Crippen molar-refractivity contribution < 1.29 is 13.2 Å². The third kappa shape index (κ3) is 5.21. The first-order valence-electron chi connectivity index (χ1n) is 6.47. The first-order chi connectivity index (χ1) is 9.10. The Morgan fingerprint density at radius 3 is 2.30 bits per heavy atom. The molecule has 2 N–H and O–H groups in total. The average molecular weight is 309 g/mol. The first-order valence-corrected chi connectivity index (χ1v) is 6.85. The molecule has 0 spiro atoms. The quantitative estimate of drug-likeness (QED) is 0.890. The maximum atomic E-state index is 12.7. The highest BCUT2D eigenvalue weighted by atomic mass is 35.5. The number of hydrogen-bond donors (Lipinski definition) is 1. The molecule has 0 saturated heterocycles. The van der Waals surface area contributed by atoms with Gasteiger partial charge in [0.1, 0.15) is 6.54 Å². The van der Waals surface area contributed by atoms with Gasteiger partial charge in [0.25, 0.3) is 0 Å². The van der Waals surface area contributed by atoms with Gasteiger partial charge in [-0.15, -0.1) is 0 Å². The zero-order valence-electron chi connectivity index (χ0n) is 11.8. The van der Waals surface area contributed by atoms with E-state index in [-0.39, 0.29) is 12.1 Å². The van der Waals surface area contributed by atoms with Crippen LogP contribution in [0.15, 0.2) is 18.2 Å². The second kappa shape index (κ2) is 6.68. The summed E-state index contributed by atoms with van der Waals surface area (Å²) in [4.78, 5) is 1.33. The van der Waals surface area contributed by atoms with Gasteiger partial charge in [-0.25, -0.2) is 0 Å². The summed E-state index contributed by atoms with van der Waals surface area (Å²) in [6.45, 7) is 4.29. The predicted molar refractivity (Wildman–Crippen MR) is 77.3 cm³/mol. The molecule has 1 rings (SSSR count). The lowest BCUT2D eigenvalue weighted by atomic mass is 10.0. The van der Waals surface area contributed by atoms with Crippen molar-refractivity contribution in [3.63, 3.8) is 0 Å². The third-order valence-electron chi connectivity index (χ3n) is 2.87. The Bertz CT molecular complexity index is 445. The van der Waals surface area contributed by atoms with Crippen molar-refractivity contribution in [3.05, 3.63) is 28.8 Å². The van der Waals surface area contributed by atoms with Crippen molar-refractivity contribution in [3.8, 4) is 0 Å². The number of nitrogens with two attached hydrogens (primary N) is 1. The molecule has 1 atom stereocenters. The van der Waals surface area contributed by atoms with Crippen LogP contribution in [0.2, 0.25) is 5.02 Å². The van der Waals surface area contributed by atoms with Crippen molar-refractivity contribution in [2.45, 2.75) is 45.5 Å². The van der Waals surface area contributed by atoms with Crippen LogP contribution in [0.1, 0.15) is 26.3 Å². The summed E-state index contributed by atoms with van der Waals surface area (Å²) in [6, 6.07) is 4.50. The molecule has 1 aromatic rings. The van der Waals surface area contributed by atoms with E-state index in [9.17, 15) is 13.2 Å².